The Morgan fingerprint density at radius 2 is 1.73 bits per heavy atom. The number of aromatic nitrogens is 2. The zero-order valence-electron chi connectivity index (χ0n) is 16.0. The molecule has 0 saturated carbocycles. The van der Waals surface area contributed by atoms with Gasteiger partial charge >= 0.3 is 0 Å². The molecule has 0 radical (unpaired) electrons. The molecule has 2 aliphatic rings. The molecule has 3 heterocycles. The van der Waals surface area contributed by atoms with Crippen LogP contribution in [-0.4, -0.2) is 46.1 Å². The zero-order chi connectivity index (χ0) is 21.3. The largest absolute Gasteiger partial charge is 0.364 e. The fourth-order valence-electron chi connectivity index (χ4n) is 3.87. The van der Waals surface area contributed by atoms with Gasteiger partial charge in [-0.05, 0) is 30.5 Å². The van der Waals surface area contributed by atoms with Crippen LogP contribution in [0.4, 0.5) is 14.6 Å². The van der Waals surface area contributed by atoms with Gasteiger partial charge in [0.15, 0.2) is 0 Å². The van der Waals surface area contributed by atoms with Crippen molar-refractivity contribution in [3.8, 4) is 0 Å². The van der Waals surface area contributed by atoms with Crippen molar-refractivity contribution in [3.05, 3.63) is 53.5 Å². The quantitative estimate of drug-likeness (QED) is 0.824. The molecular weight excluding hydrogens is 394 g/mol. The first-order chi connectivity index (χ1) is 14.4. The number of hydrazone groups is 1. The molecule has 1 aromatic carbocycles. The third kappa shape index (κ3) is 3.98. The van der Waals surface area contributed by atoms with E-state index < -0.39 is 23.6 Å². The maximum atomic E-state index is 13.6. The molecule has 0 spiro atoms. The van der Waals surface area contributed by atoms with E-state index in [0.717, 1.165) is 6.07 Å². The number of nitrogens with zero attached hydrogens (tertiary/aromatic N) is 5. The molecule has 2 aromatic rings. The highest BCUT2D eigenvalue weighted by atomic mass is 19.1. The van der Waals surface area contributed by atoms with Crippen molar-refractivity contribution < 1.29 is 18.4 Å². The van der Waals surface area contributed by atoms with Crippen LogP contribution in [0, 0.1) is 17.6 Å². The lowest BCUT2D eigenvalue weighted by molar-refractivity contribution is -0.138. The Labute approximate surface area is 171 Å². The topological polar surface area (TPSA) is 105 Å². The van der Waals surface area contributed by atoms with Gasteiger partial charge in [-0.2, -0.15) is 5.10 Å². The maximum Gasteiger partial charge on any atom is 0.267 e. The molecule has 1 aromatic heterocycles. The summed E-state index contributed by atoms with van der Waals surface area (Å²) in [4.78, 5) is 34.4. The van der Waals surface area contributed by atoms with Gasteiger partial charge in [0.25, 0.3) is 5.91 Å². The summed E-state index contributed by atoms with van der Waals surface area (Å²) >= 11 is 0. The maximum absolute atomic E-state index is 13.6. The third-order valence-electron chi connectivity index (χ3n) is 5.40. The van der Waals surface area contributed by atoms with E-state index in [9.17, 15) is 18.4 Å². The van der Waals surface area contributed by atoms with E-state index in [1.54, 1.807) is 6.21 Å². The predicted molar refractivity (Wildman–Crippen MR) is 105 cm³/mol. The summed E-state index contributed by atoms with van der Waals surface area (Å²) in [5.74, 6) is -1.85. The van der Waals surface area contributed by atoms with Crippen LogP contribution < -0.4 is 10.6 Å². The summed E-state index contributed by atoms with van der Waals surface area (Å²) in [7, 11) is 0. The van der Waals surface area contributed by atoms with Crippen molar-refractivity contribution in [1.29, 1.82) is 0 Å². The average molecular weight is 414 g/mol. The Morgan fingerprint density at radius 3 is 2.40 bits per heavy atom. The van der Waals surface area contributed by atoms with Gasteiger partial charge < -0.3 is 10.6 Å². The number of hydrogen-bond donors (Lipinski definition) is 1. The smallest absolute Gasteiger partial charge is 0.267 e. The molecule has 8 nitrogen and oxygen atoms in total. The molecule has 2 aliphatic heterocycles. The van der Waals surface area contributed by atoms with Crippen molar-refractivity contribution >= 4 is 23.8 Å². The van der Waals surface area contributed by atoms with Crippen molar-refractivity contribution in [2.45, 2.75) is 25.3 Å². The lowest BCUT2D eigenvalue weighted by Gasteiger charge is -2.34. The highest BCUT2D eigenvalue weighted by molar-refractivity contribution is 5.91. The molecule has 4 rings (SSSR count). The number of halogens is 2. The van der Waals surface area contributed by atoms with Gasteiger partial charge in [0, 0.05) is 43.8 Å². The molecule has 0 aliphatic carbocycles. The number of rotatable bonds is 4. The number of primary amides is 1. The Morgan fingerprint density at radius 1 is 1.03 bits per heavy atom. The minimum Gasteiger partial charge on any atom is -0.364 e. The molecule has 1 fully saturated rings. The predicted octanol–water partition coefficient (Wildman–Crippen LogP) is 2.03. The summed E-state index contributed by atoms with van der Waals surface area (Å²) in [5, 5.41) is 5.50. The second kappa shape index (κ2) is 8.13. The van der Waals surface area contributed by atoms with Crippen LogP contribution in [0.2, 0.25) is 0 Å². The summed E-state index contributed by atoms with van der Waals surface area (Å²) in [6.45, 7) is 1.12. The van der Waals surface area contributed by atoms with Gasteiger partial charge in [-0.15, -0.1) is 0 Å². The van der Waals surface area contributed by atoms with Crippen LogP contribution in [0.25, 0.3) is 0 Å². The first-order valence-electron chi connectivity index (χ1n) is 9.60. The van der Waals surface area contributed by atoms with Crippen molar-refractivity contribution in [2.24, 2.45) is 16.8 Å². The molecule has 0 bridgehead atoms. The van der Waals surface area contributed by atoms with Gasteiger partial charge in [0.05, 0.1) is 6.04 Å². The molecule has 1 unspecified atom stereocenters. The molecule has 2 N–H and O–H groups in total. The molecule has 10 heteroatoms. The Balaban J connectivity index is 1.43. The van der Waals surface area contributed by atoms with Crippen LogP contribution in [0.3, 0.4) is 0 Å². The van der Waals surface area contributed by atoms with Gasteiger partial charge in [0.2, 0.25) is 5.91 Å². The molecule has 2 amide bonds. The van der Waals surface area contributed by atoms with Crippen LogP contribution in [0.15, 0.2) is 35.7 Å². The van der Waals surface area contributed by atoms with Gasteiger partial charge in [-0.3, -0.25) is 9.59 Å². The van der Waals surface area contributed by atoms with Crippen LogP contribution in [0.5, 0.6) is 0 Å². The summed E-state index contributed by atoms with van der Waals surface area (Å²) < 4.78 is 27.2. The molecule has 156 valence electrons. The number of amides is 2. The summed E-state index contributed by atoms with van der Waals surface area (Å²) in [6, 6.07) is 4.29. The summed E-state index contributed by atoms with van der Waals surface area (Å²) in [6.07, 6.45) is 4.40. The lowest BCUT2D eigenvalue weighted by Crippen LogP contribution is -2.41. The standard InChI is InChI=1S/C20H20F2N6O2/c21-14-7-13(8-15(22)9-14)17-1-4-26-28(17)20(30)12-2-5-27(6-3-12)18-10-16(19(23)29)24-11-25-18/h4,7-12,17H,1-3,5-6H2,(H2,23,29). The molecular formula is C20H20F2N6O2. The zero-order valence-corrected chi connectivity index (χ0v) is 16.0. The molecule has 30 heavy (non-hydrogen) atoms. The SMILES string of the molecule is NC(=O)c1cc(N2CCC(C(=O)N3N=CCC3c3cc(F)cc(F)c3)CC2)ncn1. The highest BCUT2D eigenvalue weighted by Gasteiger charge is 2.35. The first kappa shape index (κ1) is 19.9. The first-order valence-corrected chi connectivity index (χ1v) is 9.60. The molecule has 1 atom stereocenters. The second-order valence-electron chi connectivity index (χ2n) is 7.32. The number of nitrogens with two attached hydrogens (primary N) is 1. The van der Waals surface area contributed by atoms with Gasteiger partial charge in [0.1, 0.15) is 29.5 Å². The van der Waals surface area contributed by atoms with Crippen molar-refractivity contribution in [1.82, 2.24) is 15.0 Å². The van der Waals surface area contributed by atoms with E-state index in [-0.39, 0.29) is 17.5 Å². The lowest BCUT2D eigenvalue weighted by atomic mass is 9.94. The number of hydrogen-bond acceptors (Lipinski definition) is 6. The van der Waals surface area contributed by atoms with Crippen LogP contribution in [0.1, 0.15) is 41.4 Å². The van der Waals surface area contributed by atoms with Gasteiger partial charge in [-0.25, -0.2) is 23.8 Å². The Hall–Kier alpha value is -3.43. The van der Waals surface area contributed by atoms with E-state index >= 15 is 0 Å². The number of benzene rings is 1. The molecule has 1 saturated heterocycles. The van der Waals surface area contributed by atoms with Crippen LogP contribution >= 0.6 is 0 Å². The van der Waals surface area contributed by atoms with E-state index in [0.29, 0.717) is 43.7 Å². The number of carbonyl (C=O) groups excluding carboxylic acids is 2. The number of carbonyl (C=O) groups is 2. The van der Waals surface area contributed by atoms with Crippen molar-refractivity contribution in [3.63, 3.8) is 0 Å². The normalized spacial score (nSPS) is 19.3. The fourth-order valence-corrected chi connectivity index (χ4v) is 3.87. The van der Waals surface area contributed by atoms with Crippen LogP contribution in [-0.2, 0) is 4.79 Å². The summed E-state index contributed by atoms with van der Waals surface area (Å²) in [5.41, 5.74) is 5.78. The third-order valence-corrected chi connectivity index (χ3v) is 5.40. The van der Waals surface area contributed by atoms with Gasteiger partial charge in [-0.1, -0.05) is 0 Å². The minimum atomic E-state index is -0.683. The monoisotopic (exact) mass is 414 g/mol. The number of piperidine rings is 1. The van der Waals surface area contributed by atoms with E-state index in [2.05, 4.69) is 15.1 Å². The van der Waals surface area contributed by atoms with E-state index in [4.69, 9.17) is 5.73 Å². The fraction of sp³-hybridized carbons (Fsp3) is 0.350. The van der Waals surface area contributed by atoms with Crippen molar-refractivity contribution in [2.75, 3.05) is 18.0 Å². The minimum absolute atomic E-state index is 0.134. The van der Waals surface area contributed by atoms with E-state index in [1.807, 2.05) is 4.90 Å². The Kier molecular flexibility index (Phi) is 5.39. The average Bonchev–Trinajstić information content (AvgIpc) is 3.23. The van der Waals surface area contributed by atoms with E-state index in [1.165, 1.54) is 29.5 Å². The Bertz CT molecular complexity index is 986. The second-order valence-corrected chi connectivity index (χ2v) is 7.32. The highest BCUT2D eigenvalue weighted by Crippen LogP contribution is 2.33. The number of anilines is 1.